The molecule has 27 heavy (non-hydrogen) atoms. The first-order valence-corrected chi connectivity index (χ1v) is 10.2. The second kappa shape index (κ2) is 8.36. The number of amides is 1. The predicted molar refractivity (Wildman–Crippen MR) is 106 cm³/mol. The maximum atomic E-state index is 12.3. The Hall–Kier alpha value is -1.98. The van der Waals surface area contributed by atoms with Crippen molar-refractivity contribution < 1.29 is 9.90 Å². The zero-order chi connectivity index (χ0) is 18.6. The van der Waals surface area contributed by atoms with Gasteiger partial charge in [-0.05, 0) is 31.4 Å². The van der Waals surface area contributed by atoms with Crippen LogP contribution in [0.2, 0.25) is 0 Å². The number of likely N-dealkylation sites (tertiary alicyclic amines) is 1. The van der Waals surface area contributed by atoms with E-state index < -0.39 is 6.10 Å². The first kappa shape index (κ1) is 18.4. The van der Waals surface area contributed by atoms with Crippen molar-refractivity contribution in [3.8, 4) is 0 Å². The molecule has 0 radical (unpaired) electrons. The summed E-state index contributed by atoms with van der Waals surface area (Å²) in [7, 11) is 0. The van der Waals surface area contributed by atoms with Gasteiger partial charge in [0.15, 0.2) is 0 Å². The van der Waals surface area contributed by atoms with Crippen LogP contribution in [0.15, 0.2) is 36.4 Å². The second-order valence-corrected chi connectivity index (χ2v) is 8.12. The van der Waals surface area contributed by atoms with E-state index in [1.54, 1.807) is 0 Å². The summed E-state index contributed by atoms with van der Waals surface area (Å²) < 4.78 is 0. The molecule has 1 aromatic carbocycles. The Morgan fingerprint density at radius 1 is 1.11 bits per heavy atom. The van der Waals surface area contributed by atoms with Gasteiger partial charge in [0.05, 0.1) is 18.2 Å². The van der Waals surface area contributed by atoms with E-state index in [0.717, 1.165) is 42.4 Å². The van der Waals surface area contributed by atoms with Crippen molar-refractivity contribution in [3.63, 3.8) is 0 Å². The Balaban J connectivity index is 1.31. The van der Waals surface area contributed by atoms with E-state index in [0.29, 0.717) is 19.1 Å². The van der Waals surface area contributed by atoms with Gasteiger partial charge in [0.2, 0.25) is 5.91 Å². The molecular formula is C22H29N3O2. The molecule has 0 unspecified atom stereocenters. The largest absolute Gasteiger partial charge is 0.391 e. The molecule has 2 aliphatic rings. The van der Waals surface area contributed by atoms with Crippen LogP contribution >= 0.6 is 0 Å². The Morgan fingerprint density at radius 2 is 1.93 bits per heavy atom. The van der Waals surface area contributed by atoms with Crippen molar-refractivity contribution in [2.75, 3.05) is 19.6 Å². The first-order valence-electron chi connectivity index (χ1n) is 10.2. The molecule has 1 saturated heterocycles. The van der Waals surface area contributed by atoms with E-state index in [1.165, 1.54) is 19.3 Å². The fraction of sp³-hybridized carbons (Fsp3) is 0.545. The van der Waals surface area contributed by atoms with Crippen LogP contribution in [0.4, 0.5) is 0 Å². The smallest absolute Gasteiger partial charge is 0.234 e. The summed E-state index contributed by atoms with van der Waals surface area (Å²) in [6, 6.07) is 12.6. The van der Waals surface area contributed by atoms with Crippen molar-refractivity contribution in [1.29, 1.82) is 0 Å². The predicted octanol–water partition coefficient (Wildman–Crippen LogP) is 2.52. The summed E-state index contributed by atoms with van der Waals surface area (Å²) in [6.45, 7) is 1.69. The quantitative estimate of drug-likeness (QED) is 0.852. The van der Waals surface area contributed by atoms with Gasteiger partial charge in [-0.2, -0.15) is 0 Å². The number of hydrogen-bond acceptors (Lipinski definition) is 4. The Labute approximate surface area is 160 Å². The summed E-state index contributed by atoms with van der Waals surface area (Å²) in [5.74, 6) is 0.222. The second-order valence-electron chi connectivity index (χ2n) is 8.12. The summed E-state index contributed by atoms with van der Waals surface area (Å²) >= 11 is 0. The molecule has 2 N–H and O–H groups in total. The third-order valence-corrected chi connectivity index (χ3v) is 5.95. The molecule has 4 rings (SSSR count). The number of rotatable bonds is 5. The van der Waals surface area contributed by atoms with Gasteiger partial charge in [0.1, 0.15) is 0 Å². The number of benzene rings is 1. The fourth-order valence-corrected chi connectivity index (χ4v) is 4.49. The number of carbonyl (C=O) groups is 1. The highest BCUT2D eigenvalue weighted by molar-refractivity contribution is 5.79. The number of aliphatic hydroxyl groups excluding tert-OH is 1. The van der Waals surface area contributed by atoms with Gasteiger partial charge in [-0.1, -0.05) is 43.5 Å². The van der Waals surface area contributed by atoms with Crippen LogP contribution in [0, 0.1) is 5.92 Å². The molecule has 1 amide bonds. The van der Waals surface area contributed by atoms with Gasteiger partial charge in [-0.3, -0.25) is 14.7 Å². The van der Waals surface area contributed by atoms with Crippen LogP contribution in [0.5, 0.6) is 0 Å². The zero-order valence-electron chi connectivity index (χ0n) is 15.8. The average molecular weight is 367 g/mol. The maximum Gasteiger partial charge on any atom is 0.234 e. The highest BCUT2D eigenvalue weighted by atomic mass is 16.3. The molecule has 2 atom stereocenters. The zero-order valence-corrected chi connectivity index (χ0v) is 15.8. The number of nitrogens with zero attached hydrogens (tertiary/aromatic N) is 2. The minimum Gasteiger partial charge on any atom is -0.391 e. The summed E-state index contributed by atoms with van der Waals surface area (Å²) in [4.78, 5) is 19.1. The number of fused-ring (bicyclic) bond motifs is 1. The number of nitrogens with one attached hydrogen (secondary N) is 1. The molecule has 144 valence electrons. The lowest BCUT2D eigenvalue weighted by atomic mass is 9.95. The van der Waals surface area contributed by atoms with E-state index in [2.05, 4.69) is 22.3 Å². The minimum absolute atomic E-state index is 0.0959. The van der Waals surface area contributed by atoms with Crippen LogP contribution in [0.1, 0.15) is 37.8 Å². The third kappa shape index (κ3) is 4.66. The Bertz CT molecular complexity index is 788. The number of hydrogen-bond donors (Lipinski definition) is 2. The van der Waals surface area contributed by atoms with Crippen LogP contribution in [0.3, 0.4) is 0 Å². The Morgan fingerprint density at radius 3 is 2.78 bits per heavy atom. The van der Waals surface area contributed by atoms with Crippen LogP contribution in [-0.2, 0) is 11.2 Å². The average Bonchev–Trinajstić information content (AvgIpc) is 3.01. The summed E-state index contributed by atoms with van der Waals surface area (Å²) in [5, 5.41) is 14.8. The lowest BCUT2D eigenvalue weighted by molar-refractivity contribution is -0.123. The normalized spacial score (nSPS) is 24.3. The molecule has 2 fully saturated rings. The van der Waals surface area contributed by atoms with E-state index in [4.69, 9.17) is 4.98 Å². The number of para-hydroxylation sites is 1. The van der Waals surface area contributed by atoms with Gasteiger partial charge in [-0.15, -0.1) is 0 Å². The lowest BCUT2D eigenvalue weighted by Crippen LogP contribution is -2.42. The summed E-state index contributed by atoms with van der Waals surface area (Å²) in [5.41, 5.74) is 2.00. The molecule has 2 heterocycles. The number of carbonyl (C=O) groups excluding carboxylic acids is 1. The molecular weight excluding hydrogens is 338 g/mol. The molecule has 1 aliphatic heterocycles. The molecule has 5 nitrogen and oxygen atoms in total. The van der Waals surface area contributed by atoms with E-state index in [1.807, 2.05) is 24.3 Å². The molecule has 1 saturated carbocycles. The van der Waals surface area contributed by atoms with Crippen molar-refractivity contribution in [1.82, 2.24) is 15.2 Å². The highest BCUT2D eigenvalue weighted by Crippen LogP contribution is 2.22. The number of pyridine rings is 1. The molecule has 1 aromatic heterocycles. The molecule has 0 bridgehead atoms. The number of aliphatic hydroxyl groups is 1. The van der Waals surface area contributed by atoms with Gasteiger partial charge in [0, 0.05) is 36.1 Å². The summed E-state index contributed by atoms with van der Waals surface area (Å²) in [6.07, 6.45) is 6.26. The van der Waals surface area contributed by atoms with Crippen molar-refractivity contribution in [2.24, 2.45) is 5.92 Å². The van der Waals surface area contributed by atoms with Crippen LogP contribution in [0.25, 0.3) is 10.9 Å². The highest BCUT2D eigenvalue weighted by Gasteiger charge is 2.32. The molecule has 0 spiro atoms. The standard InChI is InChI=1S/C22H29N3O2/c26-21-14-25(15-22(27)24-18-7-2-1-3-8-18)13-17(21)12-19-11-10-16-6-4-5-9-20(16)23-19/h4-6,9-11,17-18,21,26H,1-3,7-8,12-15H2,(H,24,27)/t17-,21-/m1/s1. The topological polar surface area (TPSA) is 65.5 Å². The van der Waals surface area contributed by atoms with Crippen LogP contribution < -0.4 is 5.32 Å². The van der Waals surface area contributed by atoms with E-state index in [9.17, 15) is 9.90 Å². The monoisotopic (exact) mass is 367 g/mol. The van der Waals surface area contributed by atoms with Gasteiger partial charge >= 0.3 is 0 Å². The first-order chi connectivity index (χ1) is 13.2. The molecule has 1 aliphatic carbocycles. The maximum absolute atomic E-state index is 12.3. The van der Waals surface area contributed by atoms with E-state index >= 15 is 0 Å². The Kier molecular flexibility index (Phi) is 5.69. The van der Waals surface area contributed by atoms with E-state index in [-0.39, 0.29) is 11.8 Å². The van der Waals surface area contributed by atoms with Crippen LogP contribution in [-0.4, -0.2) is 52.7 Å². The van der Waals surface area contributed by atoms with Crippen molar-refractivity contribution >= 4 is 16.8 Å². The number of aromatic nitrogens is 1. The molecule has 5 heteroatoms. The van der Waals surface area contributed by atoms with Gasteiger partial charge < -0.3 is 10.4 Å². The van der Waals surface area contributed by atoms with Crippen molar-refractivity contribution in [2.45, 2.75) is 50.7 Å². The number of β-amino-alcohol motifs (C(OH)–C–C–N with tert-alkyl or cyclic N) is 1. The lowest BCUT2D eigenvalue weighted by Gasteiger charge is -2.24. The minimum atomic E-state index is -0.402. The molecule has 2 aromatic rings. The van der Waals surface area contributed by atoms with Gasteiger partial charge in [-0.25, -0.2) is 0 Å². The van der Waals surface area contributed by atoms with Gasteiger partial charge in [0.25, 0.3) is 0 Å². The van der Waals surface area contributed by atoms with Crippen molar-refractivity contribution in [3.05, 3.63) is 42.1 Å². The third-order valence-electron chi connectivity index (χ3n) is 5.95. The fourth-order valence-electron chi connectivity index (χ4n) is 4.49. The SMILES string of the molecule is O=C(CN1C[C@@H](Cc2ccc3ccccc3n2)[C@H](O)C1)NC1CCCCC1.